The van der Waals surface area contributed by atoms with E-state index < -0.39 is 5.97 Å². The van der Waals surface area contributed by atoms with Gasteiger partial charge in [-0.05, 0) is 23.1 Å². The van der Waals surface area contributed by atoms with Gasteiger partial charge in [-0.2, -0.15) is 0 Å². The number of esters is 1. The fourth-order valence-electron chi connectivity index (χ4n) is 2.08. The Morgan fingerprint density at radius 1 is 1.16 bits per heavy atom. The molecule has 0 spiro atoms. The van der Waals surface area contributed by atoms with E-state index in [2.05, 4.69) is 36.8 Å². The number of aromatic nitrogens is 2. The summed E-state index contributed by atoms with van der Waals surface area (Å²) in [4.78, 5) is 19.7. The molecule has 2 aromatic rings. The van der Waals surface area contributed by atoms with E-state index >= 15 is 0 Å². The highest BCUT2D eigenvalue weighted by Gasteiger charge is 2.14. The third kappa shape index (κ3) is 5.74. The molecule has 0 saturated heterocycles. The van der Waals surface area contributed by atoms with Gasteiger partial charge in [0.1, 0.15) is 5.75 Å². The maximum atomic E-state index is 11.9. The van der Waals surface area contributed by atoms with Crippen molar-refractivity contribution in [3.05, 3.63) is 47.9 Å². The molecular formula is C19H24N2O4. The van der Waals surface area contributed by atoms with Crippen molar-refractivity contribution in [3.63, 3.8) is 0 Å². The summed E-state index contributed by atoms with van der Waals surface area (Å²) in [6.07, 6.45) is 3.36. The molecule has 0 aliphatic carbocycles. The topological polar surface area (TPSA) is 70.5 Å². The van der Waals surface area contributed by atoms with E-state index in [9.17, 15) is 4.79 Å². The van der Waals surface area contributed by atoms with E-state index in [0.717, 1.165) is 5.75 Å². The molecule has 1 aromatic heterocycles. The number of methoxy groups -OCH3 is 1. The van der Waals surface area contributed by atoms with Gasteiger partial charge in [-0.25, -0.2) is 9.78 Å². The van der Waals surface area contributed by atoms with E-state index in [4.69, 9.17) is 14.2 Å². The average Bonchev–Trinajstić information content (AvgIpc) is 2.61. The molecule has 6 heteroatoms. The first-order chi connectivity index (χ1) is 11.9. The van der Waals surface area contributed by atoms with Crippen molar-refractivity contribution >= 4 is 5.97 Å². The van der Waals surface area contributed by atoms with Gasteiger partial charge in [0.15, 0.2) is 5.69 Å². The monoisotopic (exact) mass is 344 g/mol. The number of benzene rings is 1. The summed E-state index contributed by atoms with van der Waals surface area (Å²) >= 11 is 0. The van der Waals surface area contributed by atoms with E-state index in [1.165, 1.54) is 25.1 Å². The van der Waals surface area contributed by atoms with Crippen molar-refractivity contribution < 1.29 is 19.0 Å². The predicted octanol–water partition coefficient (Wildman–Crippen LogP) is 3.41. The summed E-state index contributed by atoms with van der Waals surface area (Å²) in [5, 5.41) is 0. The fourth-order valence-corrected chi connectivity index (χ4v) is 2.08. The van der Waals surface area contributed by atoms with Crippen molar-refractivity contribution in [1.82, 2.24) is 9.97 Å². The first-order valence-electron chi connectivity index (χ1n) is 8.16. The number of hydrogen-bond donors (Lipinski definition) is 0. The summed E-state index contributed by atoms with van der Waals surface area (Å²) in [6.45, 7) is 7.19. The summed E-state index contributed by atoms with van der Waals surface area (Å²) in [5.74, 6) is 0.565. The largest absolute Gasteiger partial charge is 0.493 e. The molecule has 0 amide bonds. The van der Waals surface area contributed by atoms with E-state index in [-0.39, 0.29) is 23.6 Å². The standard InChI is InChI=1S/C19H24N2O4/c1-19(2,3)14-7-5-8-15(11-14)24-9-6-10-25-18(22)16-12-20-13-17(21-16)23-4/h5,7-8,11-13H,6,9-10H2,1-4H3. The van der Waals surface area contributed by atoms with Gasteiger partial charge in [0, 0.05) is 6.42 Å². The van der Waals surface area contributed by atoms with E-state index in [1.807, 2.05) is 18.2 Å². The Hall–Kier alpha value is -2.63. The Bertz CT molecular complexity index is 711. The number of hydrogen-bond acceptors (Lipinski definition) is 6. The maximum Gasteiger partial charge on any atom is 0.358 e. The Kier molecular flexibility index (Phi) is 6.33. The second kappa shape index (κ2) is 8.46. The average molecular weight is 344 g/mol. The van der Waals surface area contributed by atoms with Crippen LogP contribution in [-0.4, -0.2) is 36.3 Å². The zero-order valence-corrected chi connectivity index (χ0v) is 15.1. The number of ether oxygens (including phenoxy) is 3. The Morgan fingerprint density at radius 3 is 2.68 bits per heavy atom. The first-order valence-corrected chi connectivity index (χ1v) is 8.16. The second-order valence-electron chi connectivity index (χ2n) is 6.56. The Balaban J connectivity index is 1.75. The molecule has 0 radical (unpaired) electrons. The van der Waals surface area contributed by atoms with Gasteiger partial charge in [-0.1, -0.05) is 32.9 Å². The Labute approximate surface area is 148 Å². The number of carbonyl (C=O) groups excluding carboxylic acids is 1. The molecule has 0 aliphatic heterocycles. The van der Waals surface area contributed by atoms with Crippen LogP contribution in [0, 0.1) is 0 Å². The summed E-state index contributed by atoms with van der Waals surface area (Å²) in [5.41, 5.74) is 1.42. The summed E-state index contributed by atoms with van der Waals surface area (Å²) < 4.78 is 15.8. The van der Waals surface area contributed by atoms with Gasteiger partial charge in [0.25, 0.3) is 0 Å². The molecule has 25 heavy (non-hydrogen) atoms. The molecule has 2 rings (SSSR count). The highest BCUT2D eigenvalue weighted by atomic mass is 16.5. The van der Waals surface area contributed by atoms with Gasteiger partial charge in [-0.3, -0.25) is 4.98 Å². The van der Waals surface area contributed by atoms with Crippen LogP contribution in [-0.2, 0) is 10.2 Å². The normalized spacial score (nSPS) is 11.0. The Morgan fingerprint density at radius 2 is 1.96 bits per heavy atom. The molecule has 134 valence electrons. The minimum atomic E-state index is -0.527. The van der Waals surface area contributed by atoms with Crippen LogP contribution >= 0.6 is 0 Å². The molecule has 0 bridgehead atoms. The quantitative estimate of drug-likeness (QED) is 0.566. The van der Waals surface area contributed by atoms with Crippen molar-refractivity contribution in [3.8, 4) is 11.6 Å². The van der Waals surface area contributed by atoms with Crippen molar-refractivity contribution in [2.45, 2.75) is 32.6 Å². The zero-order chi connectivity index (χ0) is 18.3. The second-order valence-corrected chi connectivity index (χ2v) is 6.56. The predicted molar refractivity (Wildman–Crippen MR) is 94.1 cm³/mol. The van der Waals surface area contributed by atoms with Crippen LogP contribution in [0.3, 0.4) is 0 Å². The molecule has 0 atom stereocenters. The SMILES string of the molecule is COc1cncc(C(=O)OCCCOc2cccc(C(C)(C)C)c2)n1. The molecule has 0 aliphatic rings. The molecule has 0 fully saturated rings. The van der Waals surface area contributed by atoms with Gasteiger partial charge < -0.3 is 14.2 Å². The first kappa shape index (κ1) is 18.7. The third-order valence-corrected chi connectivity index (χ3v) is 3.52. The van der Waals surface area contributed by atoms with E-state index in [1.54, 1.807) is 0 Å². The number of carbonyl (C=O) groups is 1. The number of nitrogens with zero attached hydrogens (tertiary/aromatic N) is 2. The van der Waals surface area contributed by atoms with E-state index in [0.29, 0.717) is 13.0 Å². The minimum absolute atomic E-state index is 0.0761. The highest BCUT2D eigenvalue weighted by molar-refractivity contribution is 5.86. The maximum absolute atomic E-state index is 11.9. The number of rotatable bonds is 7. The summed E-state index contributed by atoms with van der Waals surface area (Å²) in [6, 6.07) is 8.03. The highest BCUT2D eigenvalue weighted by Crippen LogP contribution is 2.25. The van der Waals surface area contributed by atoms with Gasteiger partial charge in [0.05, 0.1) is 32.7 Å². The van der Waals surface area contributed by atoms with Crippen LogP contribution in [0.25, 0.3) is 0 Å². The van der Waals surface area contributed by atoms with Crippen LogP contribution in [0.15, 0.2) is 36.7 Å². The van der Waals surface area contributed by atoms with Gasteiger partial charge >= 0.3 is 5.97 Å². The van der Waals surface area contributed by atoms with Crippen LogP contribution in [0.1, 0.15) is 43.2 Å². The molecule has 0 N–H and O–H groups in total. The van der Waals surface area contributed by atoms with Crippen LogP contribution in [0.4, 0.5) is 0 Å². The van der Waals surface area contributed by atoms with Gasteiger partial charge in [0.2, 0.25) is 5.88 Å². The minimum Gasteiger partial charge on any atom is -0.493 e. The lowest BCUT2D eigenvalue weighted by Gasteiger charge is -2.19. The lowest BCUT2D eigenvalue weighted by molar-refractivity contribution is 0.0477. The molecule has 0 unspecified atom stereocenters. The molecule has 0 saturated carbocycles. The smallest absolute Gasteiger partial charge is 0.358 e. The molecule has 6 nitrogen and oxygen atoms in total. The molecule has 1 aromatic carbocycles. The fraction of sp³-hybridized carbons (Fsp3) is 0.421. The lowest BCUT2D eigenvalue weighted by Crippen LogP contribution is -2.12. The van der Waals surface area contributed by atoms with Gasteiger partial charge in [-0.15, -0.1) is 0 Å². The van der Waals surface area contributed by atoms with Crippen LogP contribution in [0.5, 0.6) is 11.6 Å². The van der Waals surface area contributed by atoms with Crippen molar-refractivity contribution in [2.75, 3.05) is 20.3 Å². The summed E-state index contributed by atoms with van der Waals surface area (Å²) in [7, 11) is 1.46. The van der Waals surface area contributed by atoms with Crippen LogP contribution < -0.4 is 9.47 Å². The van der Waals surface area contributed by atoms with Crippen LogP contribution in [0.2, 0.25) is 0 Å². The molecule has 1 heterocycles. The van der Waals surface area contributed by atoms with Crippen molar-refractivity contribution in [2.24, 2.45) is 0 Å². The lowest BCUT2D eigenvalue weighted by atomic mass is 9.87. The molecular weight excluding hydrogens is 320 g/mol. The third-order valence-electron chi connectivity index (χ3n) is 3.52. The van der Waals surface area contributed by atoms with Crippen molar-refractivity contribution in [1.29, 1.82) is 0 Å². The zero-order valence-electron chi connectivity index (χ0n) is 15.1.